The van der Waals surface area contributed by atoms with Crippen molar-refractivity contribution in [3.05, 3.63) is 40.5 Å². The number of amides is 2. The van der Waals surface area contributed by atoms with Crippen molar-refractivity contribution in [1.29, 1.82) is 0 Å². The van der Waals surface area contributed by atoms with Crippen LogP contribution in [0.4, 0.5) is 4.79 Å². The average molecular weight is 341 g/mol. The minimum absolute atomic E-state index is 0.206. The number of ether oxygens (including phenoxy) is 1. The number of rotatable bonds is 7. The summed E-state index contributed by atoms with van der Waals surface area (Å²) < 4.78 is 6.41. The molecular weight excluding hydrogens is 320 g/mol. The molecule has 110 valence electrons. The maximum atomic E-state index is 11.5. The molecular formula is C15H21BrN2O2. The Morgan fingerprint density at radius 1 is 1.35 bits per heavy atom. The van der Waals surface area contributed by atoms with Gasteiger partial charge in [0.2, 0.25) is 0 Å². The van der Waals surface area contributed by atoms with E-state index in [4.69, 9.17) is 4.74 Å². The third-order valence-electron chi connectivity index (χ3n) is 2.42. The van der Waals surface area contributed by atoms with Crippen LogP contribution in [0.1, 0.15) is 25.8 Å². The molecule has 0 aromatic heterocycles. The molecule has 0 unspecified atom stereocenters. The molecule has 0 saturated heterocycles. The maximum Gasteiger partial charge on any atom is 0.318 e. The monoisotopic (exact) mass is 340 g/mol. The molecule has 0 bridgehead atoms. The molecule has 5 heteroatoms. The van der Waals surface area contributed by atoms with E-state index in [1.807, 2.05) is 44.2 Å². The zero-order chi connectivity index (χ0) is 14.8. The van der Waals surface area contributed by atoms with Gasteiger partial charge in [0, 0.05) is 23.8 Å². The lowest BCUT2D eigenvalue weighted by Gasteiger charge is -2.07. The van der Waals surface area contributed by atoms with Crippen LogP contribution in [0.15, 0.2) is 34.9 Å². The molecule has 0 atom stereocenters. The highest BCUT2D eigenvalue weighted by Crippen LogP contribution is 2.11. The Hall–Kier alpha value is -1.33. The fourth-order valence-corrected chi connectivity index (χ4v) is 1.70. The van der Waals surface area contributed by atoms with E-state index in [1.54, 1.807) is 6.20 Å². The Bertz CT molecular complexity index is 430. The van der Waals surface area contributed by atoms with E-state index in [9.17, 15) is 4.79 Å². The van der Waals surface area contributed by atoms with E-state index in [0.717, 1.165) is 16.5 Å². The van der Waals surface area contributed by atoms with E-state index in [1.165, 1.54) is 0 Å². The second-order valence-corrected chi connectivity index (χ2v) is 5.47. The van der Waals surface area contributed by atoms with Gasteiger partial charge in [-0.3, -0.25) is 0 Å². The minimum Gasteiger partial charge on any atom is -0.379 e. The number of halogens is 1. The Kier molecular flexibility index (Phi) is 7.99. The van der Waals surface area contributed by atoms with Crippen molar-refractivity contribution >= 4 is 28.0 Å². The van der Waals surface area contributed by atoms with Crippen molar-refractivity contribution in [1.82, 2.24) is 10.6 Å². The maximum absolute atomic E-state index is 11.5. The normalized spacial score (nSPS) is 11.0. The van der Waals surface area contributed by atoms with Gasteiger partial charge in [0.1, 0.15) is 0 Å². The van der Waals surface area contributed by atoms with Gasteiger partial charge in [0.05, 0.1) is 6.10 Å². The molecule has 0 aliphatic heterocycles. The Labute approximate surface area is 128 Å². The average Bonchev–Trinajstić information content (AvgIpc) is 2.40. The van der Waals surface area contributed by atoms with Gasteiger partial charge in [-0.05, 0) is 44.0 Å². The third-order valence-corrected chi connectivity index (χ3v) is 2.95. The Morgan fingerprint density at radius 3 is 2.70 bits per heavy atom. The molecule has 2 amide bonds. The number of carbonyl (C=O) groups is 1. The Balaban J connectivity index is 2.15. The van der Waals surface area contributed by atoms with Crippen LogP contribution in [-0.4, -0.2) is 25.3 Å². The predicted octanol–water partition coefficient (Wildman–Crippen LogP) is 3.53. The van der Waals surface area contributed by atoms with Gasteiger partial charge >= 0.3 is 6.03 Å². The lowest BCUT2D eigenvalue weighted by molar-refractivity contribution is 0.0774. The lowest BCUT2D eigenvalue weighted by atomic mass is 10.2. The van der Waals surface area contributed by atoms with Gasteiger partial charge in [-0.1, -0.05) is 28.1 Å². The van der Waals surface area contributed by atoms with Gasteiger partial charge in [-0.2, -0.15) is 0 Å². The van der Waals surface area contributed by atoms with Crippen molar-refractivity contribution in [3.8, 4) is 0 Å². The first kappa shape index (κ1) is 16.7. The molecule has 4 nitrogen and oxygen atoms in total. The second-order valence-electron chi connectivity index (χ2n) is 4.56. The van der Waals surface area contributed by atoms with Gasteiger partial charge in [-0.15, -0.1) is 0 Å². The Morgan fingerprint density at radius 2 is 2.05 bits per heavy atom. The van der Waals surface area contributed by atoms with E-state index in [2.05, 4.69) is 26.6 Å². The molecule has 2 N–H and O–H groups in total. The number of urea groups is 1. The number of hydrogen-bond acceptors (Lipinski definition) is 2. The summed E-state index contributed by atoms with van der Waals surface area (Å²) in [6.45, 7) is 5.25. The second kappa shape index (κ2) is 9.55. The fourth-order valence-electron chi connectivity index (χ4n) is 1.43. The van der Waals surface area contributed by atoms with Gasteiger partial charge < -0.3 is 15.4 Å². The molecule has 0 radical (unpaired) electrons. The van der Waals surface area contributed by atoms with Crippen LogP contribution < -0.4 is 10.6 Å². The molecule has 0 aliphatic rings. The largest absolute Gasteiger partial charge is 0.379 e. The topological polar surface area (TPSA) is 50.4 Å². The first-order valence-corrected chi connectivity index (χ1v) is 7.45. The third kappa shape index (κ3) is 7.96. The molecule has 1 rings (SSSR count). The van der Waals surface area contributed by atoms with Crippen molar-refractivity contribution < 1.29 is 9.53 Å². The van der Waals surface area contributed by atoms with Crippen LogP contribution in [0.25, 0.3) is 6.08 Å². The first-order chi connectivity index (χ1) is 9.58. The van der Waals surface area contributed by atoms with E-state index < -0.39 is 0 Å². The summed E-state index contributed by atoms with van der Waals surface area (Å²) in [6.07, 6.45) is 4.51. The summed E-state index contributed by atoms with van der Waals surface area (Å²) in [5.41, 5.74) is 1.03. The summed E-state index contributed by atoms with van der Waals surface area (Å²) in [6, 6.07) is 7.62. The van der Waals surface area contributed by atoms with Crippen molar-refractivity contribution in [3.63, 3.8) is 0 Å². The van der Waals surface area contributed by atoms with Crippen LogP contribution in [0, 0.1) is 0 Å². The van der Waals surface area contributed by atoms with Crippen LogP contribution in [0.3, 0.4) is 0 Å². The summed E-state index contributed by atoms with van der Waals surface area (Å²) in [7, 11) is 0. The highest BCUT2D eigenvalue weighted by molar-refractivity contribution is 9.10. The SMILES string of the molecule is CC(C)OCCCNC(=O)N/C=C/c1ccc(Br)cc1. The predicted molar refractivity (Wildman–Crippen MR) is 85.4 cm³/mol. The van der Waals surface area contributed by atoms with Crippen LogP contribution in [0.5, 0.6) is 0 Å². The van der Waals surface area contributed by atoms with Crippen molar-refractivity contribution in [2.45, 2.75) is 26.4 Å². The smallest absolute Gasteiger partial charge is 0.318 e. The van der Waals surface area contributed by atoms with E-state index in [0.29, 0.717) is 13.2 Å². The van der Waals surface area contributed by atoms with E-state index >= 15 is 0 Å². The highest BCUT2D eigenvalue weighted by atomic mass is 79.9. The van der Waals surface area contributed by atoms with Crippen molar-refractivity contribution in [2.75, 3.05) is 13.2 Å². The zero-order valence-corrected chi connectivity index (χ0v) is 13.4. The molecule has 0 saturated carbocycles. The molecule has 1 aromatic rings. The first-order valence-electron chi connectivity index (χ1n) is 6.66. The number of hydrogen-bond donors (Lipinski definition) is 2. The van der Waals surface area contributed by atoms with Crippen LogP contribution in [-0.2, 0) is 4.74 Å². The summed E-state index contributed by atoms with van der Waals surface area (Å²) in [5, 5.41) is 5.43. The summed E-state index contributed by atoms with van der Waals surface area (Å²) in [5.74, 6) is 0. The number of benzene rings is 1. The molecule has 0 fully saturated rings. The molecule has 20 heavy (non-hydrogen) atoms. The molecule has 0 spiro atoms. The van der Waals surface area contributed by atoms with Gasteiger partial charge in [-0.25, -0.2) is 4.79 Å². The minimum atomic E-state index is -0.206. The summed E-state index contributed by atoms with van der Waals surface area (Å²) >= 11 is 3.37. The van der Waals surface area contributed by atoms with E-state index in [-0.39, 0.29) is 12.1 Å². The zero-order valence-electron chi connectivity index (χ0n) is 11.9. The molecule has 1 aromatic carbocycles. The van der Waals surface area contributed by atoms with Gasteiger partial charge in [0.15, 0.2) is 0 Å². The highest BCUT2D eigenvalue weighted by Gasteiger charge is 1.97. The molecule has 0 heterocycles. The van der Waals surface area contributed by atoms with Crippen LogP contribution in [0.2, 0.25) is 0 Å². The fraction of sp³-hybridized carbons (Fsp3) is 0.400. The standard InChI is InChI=1S/C15H21BrN2O2/c1-12(2)20-11-3-9-17-15(19)18-10-8-13-4-6-14(16)7-5-13/h4-8,10,12H,3,9,11H2,1-2H3,(H2,17,18,19)/b10-8+. The quantitative estimate of drug-likeness (QED) is 0.746. The van der Waals surface area contributed by atoms with Crippen LogP contribution >= 0.6 is 15.9 Å². The number of carbonyl (C=O) groups excluding carboxylic acids is 1. The van der Waals surface area contributed by atoms with Crippen molar-refractivity contribution in [2.24, 2.45) is 0 Å². The summed E-state index contributed by atoms with van der Waals surface area (Å²) in [4.78, 5) is 11.5. The van der Waals surface area contributed by atoms with Gasteiger partial charge in [0.25, 0.3) is 0 Å². The number of nitrogens with one attached hydrogen (secondary N) is 2. The lowest BCUT2D eigenvalue weighted by Crippen LogP contribution is -2.33. The molecule has 0 aliphatic carbocycles.